The van der Waals surface area contributed by atoms with Crippen molar-refractivity contribution in [3.8, 4) is 11.1 Å². The number of amides is 1. The van der Waals surface area contributed by atoms with Crippen molar-refractivity contribution < 1.29 is 14.6 Å². The van der Waals surface area contributed by atoms with Crippen LogP contribution in [0.5, 0.6) is 0 Å². The zero-order valence-corrected chi connectivity index (χ0v) is 16.3. The SMILES string of the molecule is O=C(Nc1cc(Cl)c(Cl)cc1CO)OCC1c2ccccc2-c2ccccc21. The molecule has 0 radical (unpaired) electrons. The third-order valence-corrected chi connectivity index (χ3v) is 5.62. The minimum Gasteiger partial charge on any atom is -0.448 e. The second-order valence-electron chi connectivity index (χ2n) is 6.53. The minimum absolute atomic E-state index is 0.0238. The fraction of sp³-hybridized carbons (Fsp3) is 0.136. The topological polar surface area (TPSA) is 58.6 Å². The van der Waals surface area contributed by atoms with E-state index in [0.29, 0.717) is 16.3 Å². The van der Waals surface area contributed by atoms with Crippen molar-refractivity contribution in [1.29, 1.82) is 0 Å². The van der Waals surface area contributed by atoms with Gasteiger partial charge in [-0.1, -0.05) is 71.7 Å². The quantitative estimate of drug-likeness (QED) is 0.563. The first-order valence-corrected chi connectivity index (χ1v) is 9.55. The molecule has 0 atom stereocenters. The zero-order chi connectivity index (χ0) is 19.7. The Kier molecular flexibility index (Phi) is 5.27. The maximum Gasteiger partial charge on any atom is 0.411 e. The van der Waals surface area contributed by atoms with Gasteiger partial charge in [-0.3, -0.25) is 5.32 Å². The third kappa shape index (κ3) is 3.47. The zero-order valence-electron chi connectivity index (χ0n) is 14.8. The molecule has 0 spiro atoms. The number of nitrogens with one attached hydrogen (secondary N) is 1. The van der Waals surface area contributed by atoms with Crippen molar-refractivity contribution in [2.75, 3.05) is 11.9 Å². The lowest BCUT2D eigenvalue weighted by molar-refractivity contribution is 0.158. The first kappa shape index (κ1) is 18.8. The van der Waals surface area contributed by atoms with E-state index in [1.807, 2.05) is 24.3 Å². The molecule has 0 heterocycles. The van der Waals surface area contributed by atoms with Crippen molar-refractivity contribution >= 4 is 35.0 Å². The summed E-state index contributed by atoms with van der Waals surface area (Å²) in [5.41, 5.74) is 5.44. The van der Waals surface area contributed by atoms with Crippen molar-refractivity contribution in [3.63, 3.8) is 0 Å². The van der Waals surface area contributed by atoms with Crippen LogP contribution in [0.1, 0.15) is 22.6 Å². The van der Waals surface area contributed by atoms with Crippen LogP contribution in [0.15, 0.2) is 60.7 Å². The molecule has 0 saturated heterocycles. The average molecular weight is 414 g/mol. The second-order valence-corrected chi connectivity index (χ2v) is 7.35. The van der Waals surface area contributed by atoms with Crippen LogP contribution in [0.25, 0.3) is 11.1 Å². The second kappa shape index (κ2) is 7.84. The van der Waals surface area contributed by atoms with Gasteiger partial charge in [0.15, 0.2) is 0 Å². The Labute approximate surface area is 172 Å². The molecule has 1 aliphatic carbocycles. The number of hydrogen-bond donors (Lipinski definition) is 2. The van der Waals surface area contributed by atoms with Crippen molar-refractivity contribution in [2.45, 2.75) is 12.5 Å². The summed E-state index contributed by atoms with van der Waals surface area (Å²) in [7, 11) is 0. The van der Waals surface area contributed by atoms with Crippen LogP contribution in [0.4, 0.5) is 10.5 Å². The summed E-state index contributed by atoms with van der Waals surface area (Å²) in [6, 6.07) is 19.3. The number of carbonyl (C=O) groups is 1. The smallest absolute Gasteiger partial charge is 0.411 e. The van der Waals surface area contributed by atoms with Gasteiger partial charge in [-0.2, -0.15) is 0 Å². The van der Waals surface area contributed by atoms with Crippen LogP contribution in [0.2, 0.25) is 10.0 Å². The molecule has 0 fully saturated rings. The Morgan fingerprint density at radius 2 is 1.54 bits per heavy atom. The number of carbonyl (C=O) groups excluding carboxylic acids is 1. The van der Waals surface area contributed by atoms with Crippen LogP contribution in [0, 0.1) is 0 Å². The standard InChI is InChI=1S/C22H17Cl2NO3/c23-19-9-13(11-26)21(10-20(19)24)25-22(27)28-12-18-16-7-3-1-5-14(16)15-6-2-4-8-17(15)18/h1-10,18,26H,11-12H2,(H,25,27). The number of anilines is 1. The fourth-order valence-electron chi connectivity index (χ4n) is 3.58. The van der Waals surface area contributed by atoms with Crippen LogP contribution >= 0.6 is 23.2 Å². The van der Waals surface area contributed by atoms with E-state index in [2.05, 4.69) is 29.6 Å². The summed E-state index contributed by atoms with van der Waals surface area (Å²) in [6.45, 7) is -0.0779. The van der Waals surface area contributed by atoms with Gasteiger partial charge in [0.25, 0.3) is 0 Å². The molecule has 6 heteroatoms. The lowest BCUT2D eigenvalue weighted by atomic mass is 9.98. The van der Waals surface area contributed by atoms with Gasteiger partial charge in [-0.15, -0.1) is 0 Å². The average Bonchev–Trinajstić information content (AvgIpc) is 3.03. The van der Waals surface area contributed by atoms with Gasteiger partial charge in [0.05, 0.1) is 22.3 Å². The summed E-state index contributed by atoms with van der Waals surface area (Å²) in [5, 5.41) is 12.7. The number of hydrogen-bond acceptors (Lipinski definition) is 3. The van der Waals surface area contributed by atoms with Gasteiger partial charge in [0, 0.05) is 11.5 Å². The van der Waals surface area contributed by atoms with E-state index in [-0.39, 0.29) is 24.2 Å². The molecule has 142 valence electrons. The molecule has 4 nitrogen and oxygen atoms in total. The first-order valence-electron chi connectivity index (χ1n) is 8.79. The van der Waals surface area contributed by atoms with Gasteiger partial charge < -0.3 is 9.84 Å². The molecule has 1 amide bonds. The molecular weight excluding hydrogens is 397 g/mol. The van der Waals surface area contributed by atoms with Crippen molar-refractivity contribution in [1.82, 2.24) is 0 Å². The summed E-state index contributed by atoms with van der Waals surface area (Å²) in [4.78, 5) is 12.4. The number of rotatable bonds is 4. The monoisotopic (exact) mass is 413 g/mol. The van der Waals surface area contributed by atoms with E-state index in [4.69, 9.17) is 27.9 Å². The number of aliphatic hydroxyl groups is 1. The Morgan fingerprint density at radius 3 is 2.14 bits per heavy atom. The van der Waals surface area contributed by atoms with E-state index < -0.39 is 6.09 Å². The van der Waals surface area contributed by atoms with Gasteiger partial charge in [0.2, 0.25) is 0 Å². The number of fused-ring (bicyclic) bond motifs is 3. The number of halogens is 2. The normalized spacial score (nSPS) is 12.4. The maximum absolute atomic E-state index is 12.4. The molecule has 3 aromatic rings. The highest BCUT2D eigenvalue weighted by Gasteiger charge is 2.29. The van der Waals surface area contributed by atoms with Crippen molar-refractivity contribution in [2.24, 2.45) is 0 Å². The van der Waals surface area contributed by atoms with Gasteiger partial charge in [0.1, 0.15) is 6.61 Å². The fourth-order valence-corrected chi connectivity index (χ4v) is 3.93. The van der Waals surface area contributed by atoms with E-state index in [1.54, 1.807) is 0 Å². The Morgan fingerprint density at radius 1 is 0.964 bits per heavy atom. The van der Waals surface area contributed by atoms with Crippen LogP contribution in [-0.4, -0.2) is 17.8 Å². The molecule has 1 aliphatic rings. The summed E-state index contributed by atoms with van der Waals surface area (Å²) >= 11 is 12.0. The van der Waals surface area contributed by atoms with Crippen LogP contribution in [0.3, 0.4) is 0 Å². The molecule has 0 aliphatic heterocycles. The van der Waals surface area contributed by atoms with Crippen molar-refractivity contribution in [3.05, 3.63) is 87.4 Å². The Hall–Kier alpha value is -2.53. The first-order chi connectivity index (χ1) is 13.6. The highest BCUT2D eigenvalue weighted by Crippen LogP contribution is 2.44. The van der Waals surface area contributed by atoms with E-state index in [9.17, 15) is 9.90 Å². The Balaban J connectivity index is 1.51. The number of aliphatic hydroxyl groups excluding tert-OH is 1. The van der Waals surface area contributed by atoms with Gasteiger partial charge >= 0.3 is 6.09 Å². The van der Waals surface area contributed by atoms with E-state index in [1.165, 1.54) is 23.3 Å². The largest absolute Gasteiger partial charge is 0.448 e. The predicted molar refractivity (Wildman–Crippen MR) is 111 cm³/mol. The predicted octanol–water partition coefficient (Wildman–Crippen LogP) is 5.85. The molecular formula is C22H17Cl2NO3. The van der Waals surface area contributed by atoms with E-state index >= 15 is 0 Å². The molecule has 2 N–H and O–H groups in total. The number of ether oxygens (including phenoxy) is 1. The lowest BCUT2D eigenvalue weighted by Gasteiger charge is -2.16. The molecule has 0 aromatic heterocycles. The third-order valence-electron chi connectivity index (χ3n) is 4.90. The minimum atomic E-state index is -0.616. The lowest BCUT2D eigenvalue weighted by Crippen LogP contribution is -2.18. The van der Waals surface area contributed by atoms with E-state index in [0.717, 1.165) is 11.1 Å². The highest BCUT2D eigenvalue weighted by molar-refractivity contribution is 6.42. The summed E-state index contributed by atoms with van der Waals surface area (Å²) in [5.74, 6) is -0.0238. The van der Waals surface area contributed by atoms with Gasteiger partial charge in [-0.25, -0.2) is 4.79 Å². The molecule has 28 heavy (non-hydrogen) atoms. The van der Waals surface area contributed by atoms with Crippen LogP contribution in [-0.2, 0) is 11.3 Å². The summed E-state index contributed by atoms with van der Waals surface area (Å²) in [6.07, 6.45) is -0.616. The molecule has 0 bridgehead atoms. The molecule has 0 unspecified atom stereocenters. The maximum atomic E-state index is 12.4. The highest BCUT2D eigenvalue weighted by atomic mass is 35.5. The number of benzene rings is 3. The molecule has 0 saturated carbocycles. The molecule has 3 aromatic carbocycles. The van der Waals surface area contributed by atoms with Gasteiger partial charge in [-0.05, 0) is 34.4 Å². The van der Waals surface area contributed by atoms with Crippen LogP contribution < -0.4 is 5.32 Å². The Bertz CT molecular complexity index is 1010. The summed E-state index contributed by atoms with van der Waals surface area (Å²) < 4.78 is 5.51. The molecule has 4 rings (SSSR count).